The molecule has 1 aromatic heterocycles. The van der Waals surface area contributed by atoms with Gasteiger partial charge in [-0.3, -0.25) is 9.89 Å². The summed E-state index contributed by atoms with van der Waals surface area (Å²) in [7, 11) is 4.74. The fraction of sp³-hybridized carbons (Fsp3) is 0.375. The third kappa shape index (κ3) is 2.30. The van der Waals surface area contributed by atoms with Gasteiger partial charge < -0.3 is 14.2 Å². The molecule has 1 heterocycles. The molecule has 0 aliphatic heterocycles. The molecule has 0 amide bonds. The monoisotopic (exact) mass is 302 g/mol. The van der Waals surface area contributed by atoms with Crippen LogP contribution in [0, 0.1) is 0 Å². The summed E-state index contributed by atoms with van der Waals surface area (Å²) in [5.41, 5.74) is 2.57. The molecule has 0 spiro atoms. The van der Waals surface area contributed by atoms with E-state index in [9.17, 15) is 4.79 Å². The lowest BCUT2D eigenvalue weighted by Crippen LogP contribution is -2.18. The number of carbonyl (C=O) groups is 1. The van der Waals surface area contributed by atoms with E-state index in [4.69, 9.17) is 14.2 Å². The maximum atomic E-state index is 12.2. The summed E-state index contributed by atoms with van der Waals surface area (Å²) in [5, 5.41) is 6.87. The second kappa shape index (κ2) is 5.71. The second-order valence-electron chi connectivity index (χ2n) is 5.25. The zero-order chi connectivity index (χ0) is 15.7. The fourth-order valence-corrected chi connectivity index (χ4v) is 2.93. The molecule has 0 bridgehead atoms. The van der Waals surface area contributed by atoms with Crippen LogP contribution in [0.3, 0.4) is 0 Å². The number of carbonyl (C=O) groups excluding carboxylic acids is 1. The molecular formula is C16H18N2O4. The summed E-state index contributed by atoms with van der Waals surface area (Å²) in [6, 6.07) is 3.81. The van der Waals surface area contributed by atoms with Crippen LogP contribution in [0.2, 0.25) is 0 Å². The number of hydrogen-bond donors (Lipinski definition) is 1. The Balaban J connectivity index is 2.01. The van der Waals surface area contributed by atoms with Crippen molar-refractivity contribution in [3.05, 3.63) is 35.2 Å². The Kier molecular flexibility index (Phi) is 3.75. The molecule has 0 unspecified atom stereocenters. The van der Waals surface area contributed by atoms with E-state index in [1.165, 1.54) is 0 Å². The zero-order valence-corrected chi connectivity index (χ0v) is 12.8. The molecule has 22 heavy (non-hydrogen) atoms. The van der Waals surface area contributed by atoms with Gasteiger partial charge in [0.1, 0.15) is 0 Å². The minimum Gasteiger partial charge on any atom is -0.493 e. The molecule has 6 nitrogen and oxygen atoms in total. The number of Topliss-reactive ketones (excluding diaryl/α,β-unsaturated/α-hetero) is 1. The van der Waals surface area contributed by atoms with Gasteiger partial charge in [-0.15, -0.1) is 0 Å². The van der Waals surface area contributed by atoms with Crippen LogP contribution in [-0.2, 0) is 6.42 Å². The van der Waals surface area contributed by atoms with E-state index in [-0.39, 0.29) is 11.7 Å². The molecule has 1 aliphatic rings. The number of benzene rings is 1. The Hall–Kier alpha value is -2.50. The quantitative estimate of drug-likeness (QED) is 0.938. The van der Waals surface area contributed by atoms with E-state index in [1.807, 2.05) is 12.1 Å². The van der Waals surface area contributed by atoms with Gasteiger partial charge in [-0.05, 0) is 30.0 Å². The molecule has 6 heteroatoms. The lowest BCUT2D eigenvalue weighted by atomic mass is 9.82. The number of ketones is 1. The third-order valence-corrected chi connectivity index (χ3v) is 4.06. The van der Waals surface area contributed by atoms with Crippen molar-refractivity contribution in [2.45, 2.75) is 18.8 Å². The van der Waals surface area contributed by atoms with Gasteiger partial charge >= 0.3 is 0 Å². The van der Waals surface area contributed by atoms with E-state index in [0.29, 0.717) is 29.2 Å². The maximum Gasteiger partial charge on any atom is 0.203 e. The second-order valence-corrected chi connectivity index (χ2v) is 5.25. The van der Waals surface area contributed by atoms with E-state index in [1.54, 1.807) is 27.5 Å². The summed E-state index contributed by atoms with van der Waals surface area (Å²) in [6.45, 7) is 0. The minimum absolute atomic E-state index is 0.0640. The predicted molar refractivity (Wildman–Crippen MR) is 80.1 cm³/mol. The van der Waals surface area contributed by atoms with Crippen molar-refractivity contribution >= 4 is 5.78 Å². The number of aromatic nitrogens is 2. The van der Waals surface area contributed by atoms with Gasteiger partial charge in [0.05, 0.1) is 33.1 Å². The Morgan fingerprint density at radius 2 is 1.77 bits per heavy atom. The van der Waals surface area contributed by atoms with Gasteiger partial charge in [-0.1, -0.05) is 0 Å². The van der Waals surface area contributed by atoms with E-state index < -0.39 is 0 Å². The van der Waals surface area contributed by atoms with Gasteiger partial charge in [0.2, 0.25) is 5.75 Å². The number of methoxy groups -OCH3 is 3. The number of H-pyrrole nitrogens is 1. The lowest BCUT2D eigenvalue weighted by Gasteiger charge is -2.23. The van der Waals surface area contributed by atoms with Crippen molar-refractivity contribution in [2.24, 2.45) is 0 Å². The van der Waals surface area contributed by atoms with Crippen molar-refractivity contribution in [1.29, 1.82) is 0 Å². The van der Waals surface area contributed by atoms with E-state index in [2.05, 4.69) is 10.2 Å². The standard InChI is InChI=1S/C16H18N2O4/c1-20-14-6-10(7-15(21-2)16(14)22-3)9-4-12-11(8-17-18-12)13(19)5-9/h6-9H,4-5H2,1-3H3,(H,17,18)/t9-/m0/s1. The van der Waals surface area contributed by atoms with Crippen LogP contribution in [0.5, 0.6) is 17.2 Å². The average Bonchev–Trinajstić information content (AvgIpc) is 3.02. The number of hydrogen-bond acceptors (Lipinski definition) is 5. The first kappa shape index (κ1) is 14.4. The Labute approximate surface area is 128 Å². The van der Waals surface area contributed by atoms with Gasteiger partial charge in [0, 0.05) is 12.1 Å². The van der Waals surface area contributed by atoms with Crippen LogP contribution >= 0.6 is 0 Å². The van der Waals surface area contributed by atoms with Crippen molar-refractivity contribution in [3.8, 4) is 17.2 Å². The van der Waals surface area contributed by atoms with Crippen LogP contribution in [0.15, 0.2) is 18.3 Å². The molecule has 0 saturated heterocycles. The summed E-state index contributed by atoms with van der Waals surface area (Å²) < 4.78 is 16.1. The number of ether oxygens (including phenoxy) is 3. The van der Waals surface area contributed by atoms with Gasteiger partial charge in [0.25, 0.3) is 0 Å². The van der Waals surface area contributed by atoms with Gasteiger partial charge in [-0.2, -0.15) is 5.10 Å². The average molecular weight is 302 g/mol. The van der Waals surface area contributed by atoms with Crippen molar-refractivity contribution in [3.63, 3.8) is 0 Å². The predicted octanol–water partition coefficient (Wildman–Crippen LogP) is 2.35. The molecular weight excluding hydrogens is 284 g/mol. The third-order valence-electron chi connectivity index (χ3n) is 4.06. The Morgan fingerprint density at radius 3 is 2.36 bits per heavy atom. The number of aromatic amines is 1. The summed E-state index contributed by atoms with van der Waals surface area (Å²) in [6.07, 6.45) is 2.79. The maximum absolute atomic E-state index is 12.2. The first-order valence-electron chi connectivity index (χ1n) is 7.03. The highest BCUT2D eigenvalue weighted by molar-refractivity contribution is 5.98. The Bertz CT molecular complexity index is 683. The SMILES string of the molecule is COc1cc([C@@H]2CC(=O)c3cn[nH]c3C2)cc(OC)c1OC. The molecule has 1 aliphatic carbocycles. The van der Waals surface area contributed by atoms with E-state index >= 15 is 0 Å². The Morgan fingerprint density at radius 1 is 1.09 bits per heavy atom. The number of nitrogens with one attached hydrogen (secondary N) is 1. The zero-order valence-electron chi connectivity index (χ0n) is 12.8. The lowest BCUT2D eigenvalue weighted by molar-refractivity contribution is 0.0964. The topological polar surface area (TPSA) is 73.4 Å². The number of fused-ring (bicyclic) bond motifs is 1. The molecule has 0 radical (unpaired) electrons. The highest BCUT2D eigenvalue weighted by Crippen LogP contribution is 2.42. The molecule has 1 atom stereocenters. The highest BCUT2D eigenvalue weighted by atomic mass is 16.5. The summed E-state index contributed by atoms with van der Waals surface area (Å²) >= 11 is 0. The largest absolute Gasteiger partial charge is 0.493 e. The number of rotatable bonds is 4. The van der Waals surface area contributed by atoms with Crippen molar-refractivity contribution < 1.29 is 19.0 Å². The molecule has 1 N–H and O–H groups in total. The highest BCUT2D eigenvalue weighted by Gasteiger charge is 2.29. The normalized spacial score (nSPS) is 17.0. The first-order valence-corrected chi connectivity index (χ1v) is 7.03. The first-order chi connectivity index (χ1) is 10.7. The smallest absolute Gasteiger partial charge is 0.203 e. The van der Waals surface area contributed by atoms with Crippen LogP contribution in [0.25, 0.3) is 0 Å². The van der Waals surface area contributed by atoms with Gasteiger partial charge in [0.15, 0.2) is 17.3 Å². The van der Waals surface area contributed by atoms with Crippen LogP contribution in [0.1, 0.15) is 34.0 Å². The molecule has 0 saturated carbocycles. The molecule has 2 aromatic rings. The molecule has 0 fully saturated rings. The number of nitrogens with zero attached hydrogens (tertiary/aromatic N) is 1. The van der Waals surface area contributed by atoms with Crippen molar-refractivity contribution in [2.75, 3.05) is 21.3 Å². The summed E-state index contributed by atoms with van der Waals surface area (Å²) in [4.78, 5) is 12.2. The van der Waals surface area contributed by atoms with Crippen LogP contribution < -0.4 is 14.2 Å². The van der Waals surface area contributed by atoms with E-state index in [0.717, 1.165) is 17.7 Å². The van der Waals surface area contributed by atoms with Crippen molar-refractivity contribution in [1.82, 2.24) is 10.2 Å². The minimum atomic E-state index is 0.0640. The molecule has 1 aromatic carbocycles. The molecule has 3 rings (SSSR count). The van der Waals surface area contributed by atoms with Crippen LogP contribution in [-0.4, -0.2) is 37.3 Å². The van der Waals surface area contributed by atoms with Gasteiger partial charge in [-0.25, -0.2) is 0 Å². The molecule has 116 valence electrons. The fourth-order valence-electron chi connectivity index (χ4n) is 2.93. The summed E-state index contributed by atoms with van der Waals surface area (Å²) in [5.74, 6) is 1.92. The van der Waals surface area contributed by atoms with Crippen LogP contribution in [0.4, 0.5) is 0 Å².